The minimum absolute atomic E-state index is 0.437. The minimum atomic E-state index is -1.03. The second kappa shape index (κ2) is 12.6. The van der Waals surface area contributed by atoms with Crippen LogP contribution >= 0.6 is 0 Å². The van der Waals surface area contributed by atoms with Crippen LogP contribution in [0.4, 0.5) is 4.39 Å². The number of imidazole rings is 1. The first-order chi connectivity index (χ1) is 21.0. The number of nitrogens with zero attached hydrogens (tertiary/aromatic N) is 2. The Kier molecular flexibility index (Phi) is 9.02. The summed E-state index contributed by atoms with van der Waals surface area (Å²) in [5, 5.41) is 1.11. The summed E-state index contributed by atoms with van der Waals surface area (Å²) >= 11 is 0. The van der Waals surface area contributed by atoms with Gasteiger partial charge in [0.25, 0.3) is 0 Å². The number of aryl methyl sites for hydroxylation is 3. The average molecular weight is 591 g/mol. The molecule has 2 aromatic heterocycles. The van der Waals surface area contributed by atoms with Crippen molar-refractivity contribution in [2.75, 3.05) is 0 Å². The van der Waals surface area contributed by atoms with E-state index >= 15 is 4.39 Å². The number of furan rings is 1. The van der Waals surface area contributed by atoms with Gasteiger partial charge in [-0.1, -0.05) is 114 Å². The van der Waals surface area contributed by atoms with Crippen LogP contribution in [-0.4, -0.2) is 15.7 Å². The summed E-state index contributed by atoms with van der Waals surface area (Å²) in [7, 11) is 0. The minimum Gasteiger partial charge on any atom is -0.460 e. The van der Waals surface area contributed by atoms with Gasteiger partial charge in [0.15, 0.2) is 0 Å². The maximum atomic E-state index is 15.0. The van der Waals surface area contributed by atoms with Crippen molar-refractivity contribution in [3.8, 4) is 28.3 Å². The first-order valence-electron chi connectivity index (χ1n) is 16.1. The molecule has 0 spiro atoms. The van der Waals surface area contributed by atoms with Gasteiger partial charge in [-0.2, -0.15) is 0 Å². The monoisotopic (exact) mass is 590 g/mol. The molecule has 0 fully saturated rings. The van der Waals surface area contributed by atoms with Gasteiger partial charge in [-0.25, -0.2) is 9.37 Å². The van der Waals surface area contributed by atoms with Gasteiger partial charge in [0.2, 0.25) is 0 Å². The zero-order valence-electron chi connectivity index (χ0n) is 27.9. The molecule has 1 aliphatic carbocycles. The molecule has 0 amide bonds. The summed E-state index contributed by atoms with van der Waals surface area (Å²) in [6.45, 7) is 18.5. The highest BCUT2D eigenvalue weighted by Gasteiger charge is 2.32. The van der Waals surface area contributed by atoms with Crippen molar-refractivity contribution in [1.29, 1.82) is 0 Å². The molecule has 0 bridgehead atoms. The third kappa shape index (κ3) is 5.79. The molecule has 3 nitrogen and oxygen atoms in total. The zero-order chi connectivity index (χ0) is 31.8. The Morgan fingerprint density at radius 2 is 1.73 bits per heavy atom. The van der Waals surface area contributed by atoms with Crippen molar-refractivity contribution in [1.82, 2.24) is 9.55 Å². The molecule has 2 atom stereocenters. The zero-order valence-corrected chi connectivity index (χ0v) is 27.9. The van der Waals surface area contributed by atoms with Crippen LogP contribution in [0.25, 0.3) is 45.4 Å². The van der Waals surface area contributed by atoms with Crippen molar-refractivity contribution in [2.24, 2.45) is 5.92 Å². The second-order valence-electron chi connectivity index (χ2n) is 13.1. The highest BCUT2D eigenvalue weighted by Crippen LogP contribution is 2.43. The number of alkyl halides is 1. The normalized spacial score (nSPS) is 15.2. The fourth-order valence-corrected chi connectivity index (χ4v) is 6.06. The molecule has 0 N–H and O–H groups in total. The SMILES string of the molecule is CCCC.Cc1cccc(-c2cn(-c3c(C)cc(C)c4oc5c(c34)C=CC(C)C5)c(-c3ccccc3C(C)(C)[C@@H](C)F)n2)c1. The van der Waals surface area contributed by atoms with Crippen molar-refractivity contribution in [2.45, 2.75) is 93.2 Å². The number of hydrogen-bond acceptors (Lipinski definition) is 2. The number of aromatic nitrogens is 2. The lowest BCUT2D eigenvalue weighted by atomic mass is 9.78. The lowest BCUT2D eigenvalue weighted by molar-refractivity contribution is 0.237. The van der Waals surface area contributed by atoms with Gasteiger partial charge < -0.3 is 4.42 Å². The Hall–Kier alpha value is -3.92. The van der Waals surface area contributed by atoms with Gasteiger partial charge in [0, 0.05) is 34.7 Å². The maximum Gasteiger partial charge on any atom is 0.145 e. The Balaban J connectivity index is 0.000000906. The van der Waals surface area contributed by atoms with Crippen LogP contribution in [0, 0.1) is 26.7 Å². The summed E-state index contributed by atoms with van der Waals surface area (Å²) in [5.41, 5.74) is 9.71. The Labute approximate surface area is 262 Å². The van der Waals surface area contributed by atoms with E-state index in [9.17, 15) is 0 Å². The van der Waals surface area contributed by atoms with E-state index in [4.69, 9.17) is 9.40 Å². The molecular formula is C40H47FN2O. The predicted molar refractivity (Wildman–Crippen MR) is 184 cm³/mol. The van der Waals surface area contributed by atoms with Gasteiger partial charge in [-0.05, 0) is 56.4 Å². The molecule has 2 heterocycles. The summed E-state index contributed by atoms with van der Waals surface area (Å²) in [6, 6.07) is 18.8. The van der Waals surface area contributed by atoms with Crippen molar-refractivity contribution in [3.63, 3.8) is 0 Å². The Bertz CT molecular complexity index is 1810. The van der Waals surface area contributed by atoms with Gasteiger partial charge >= 0.3 is 0 Å². The molecule has 1 unspecified atom stereocenters. The fraction of sp³-hybridized carbons (Fsp3) is 0.375. The Morgan fingerprint density at radius 3 is 2.41 bits per heavy atom. The topological polar surface area (TPSA) is 31.0 Å². The van der Waals surface area contributed by atoms with E-state index < -0.39 is 11.6 Å². The summed E-state index contributed by atoms with van der Waals surface area (Å²) in [6.07, 6.45) is 9.12. The summed E-state index contributed by atoms with van der Waals surface area (Å²) < 4.78 is 23.8. The lowest BCUT2D eigenvalue weighted by Crippen LogP contribution is -2.28. The van der Waals surface area contributed by atoms with E-state index in [-0.39, 0.29) is 0 Å². The highest BCUT2D eigenvalue weighted by atomic mass is 19.1. The molecule has 0 radical (unpaired) electrons. The van der Waals surface area contributed by atoms with E-state index in [1.807, 2.05) is 32.0 Å². The molecule has 44 heavy (non-hydrogen) atoms. The number of fused-ring (bicyclic) bond motifs is 3. The van der Waals surface area contributed by atoms with Crippen LogP contribution in [0.2, 0.25) is 0 Å². The summed E-state index contributed by atoms with van der Waals surface area (Å²) in [5.74, 6) is 2.27. The maximum absolute atomic E-state index is 15.0. The molecule has 0 aliphatic heterocycles. The number of allylic oxidation sites excluding steroid dienone is 1. The predicted octanol–water partition coefficient (Wildman–Crippen LogP) is 11.5. The molecule has 6 rings (SSSR count). The molecule has 230 valence electrons. The van der Waals surface area contributed by atoms with Crippen LogP contribution in [0.1, 0.15) is 88.0 Å². The van der Waals surface area contributed by atoms with Crippen LogP contribution in [0.5, 0.6) is 0 Å². The van der Waals surface area contributed by atoms with E-state index in [2.05, 4.69) is 101 Å². The van der Waals surface area contributed by atoms with Crippen molar-refractivity contribution >= 4 is 17.0 Å². The number of unbranched alkanes of at least 4 members (excludes halogenated alkanes) is 1. The lowest BCUT2D eigenvalue weighted by Gasteiger charge is -2.29. The van der Waals surface area contributed by atoms with Crippen LogP contribution in [0.15, 0.2) is 71.3 Å². The average Bonchev–Trinajstić information content (AvgIpc) is 3.60. The first-order valence-corrected chi connectivity index (χ1v) is 16.1. The molecule has 0 saturated heterocycles. The number of halogens is 1. The van der Waals surface area contributed by atoms with E-state index in [0.29, 0.717) is 5.92 Å². The third-order valence-corrected chi connectivity index (χ3v) is 9.14. The largest absolute Gasteiger partial charge is 0.460 e. The molecular weight excluding hydrogens is 543 g/mol. The quantitative estimate of drug-likeness (QED) is 0.197. The van der Waals surface area contributed by atoms with Crippen LogP contribution in [0.3, 0.4) is 0 Å². The van der Waals surface area contributed by atoms with E-state index in [0.717, 1.165) is 73.7 Å². The molecule has 5 aromatic rings. The number of rotatable bonds is 6. The van der Waals surface area contributed by atoms with E-state index in [1.165, 1.54) is 18.4 Å². The molecule has 4 heteroatoms. The fourth-order valence-electron chi connectivity index (χ4n) is 6.06. The van der Waals surface area contributed by atoms with Crippen LogP contribution in [-0.2, 0) is 11.8 Å². The van der Waals surface area contributed by atoms with Crippen molar-refractivity contribution < 1.29 is 8.81 Å². The van der Waals surface area contributed by atoms with Gasteiger partial charge in [-0.15, -0.1) is 0 Å². The van der Waals surface area contributed by atoms with Gasteiger partial charge in [0.05, 0.1) is 16.8 Å². The molecule has 1 aliphatic rings. The summed E-state index contributed by atoms with van der Waals surface area (Å²) in [4.78, 5) is 5.27. The Morgan fingerprint density at radius 1 is 1.00 bits per heavy atom. The first kappa shape index (κ1) is 31.5. The van der Waals surface area contributed by atoms with Crippen molar-refractivity contribution in [3.05, 3.63) is 100 Å². The van der Waals surface area contributed by atoms with Gasteiger partial charge in [0.1, 0.15) is 23.3 Å². The van der Waals surface area contributed by atoms with E-state index in [1.54, 1.807) is 6.92 Å². The van der Waals surface area contributed by atoms with Gasteiger partial charge in [-0.3, -0.25) is 4.57 Å². The smallest absolute Gasteiger partial charge is 0.145 e. The third-order valence-electron chi connectivity index (χ3n) is 9.14. The standard InChI is InChI=1S/C36H37FN2O.C4H10/c1-21-11-10-12-26(17-21)30-20-39(35(38-30)27-13-8-9-14-29(27)36(6,7)25(5)37)33-23(3)19-24(4)34-32(33)28-16-15-22(2)18-31(28)40-34;1-3-4-2/h8-17,19-20,22,25H,18H2,1-7H3;3-4H2,1-2H3/t22?,25-;/m1./s1. The number of benzene rings is 3. The van der Waals surface area contributed by atoms with Crippen LogP contribution < -0.4 is 0 Å². The number of hydrogen-bond donors (Lipinski definition) is 0. The molecule has 0 saturated carbocycles. The highest BCUT2D eigenvalue weighted by molar-refractivity contribution is 5.99. The second-order valence-corrected chi connectivity index (χ2v) is 13.1. The molecule has 3 aromatic carbocycles.